The molecule has 1 aromatic heterocycles. The average molecular weight is 408 g/mol. The van der Waals surface area contributed by atoms with Crippen molar-refractivity contribution in [3.8, 4) is 22.8 Å². The lowest BCUT2D eigenvalue weighted by molar-refractivity contribution is 0.0696. The van der Waals surface area contributed by atoms with Gasteiger partial charge in [0.1, 0.15) is 23.0 Å². The number of carboxylic acids is 1. The van der Waals surface area contributed by atoms with E-state index in [-0.39, 0.29) is 5.56 Å². The fourth-order valence-electron chi connectivity index (χ4n) is 2.80. The van der Waals surface area contributed by atoms with Gasteiger partial charge in [0, 0.05) is 17.2 Å². The molecule has 3 rings (SSSR count). The van der Waals surface area contributed by atoms with E-state index in [1.165, 1.54) is 26.5 Å². The van der Waals surface area contributed by atoms with Gasteiger partial charge in [-0.3, -0.25) is 4.79 Å². The molecule has 8 heteroatoms. The summed E-state index contributed by atoms with van der Waals surface area (Å²) in [5.41, 5.74) is 4.51. The molecule has 3 aromatic rings. The van der Waals surface area contributed by atoms with Crippen LogP contribution in [0.5, 0.6) is 11.5 Å². The molecule has 0 bridgehead atoms. The van der Waals surface area contributed by atoms with E-state index in [9.17, 15) is 9.59 Å². The first-order valence-electron chi connectivity index (χ1n) is 8.92. The summed E-state index contributed by atoms with van der Waals surface area (Å²) < 4.78 is 16.0. The number of carbonyl (C=O) groups excluding carboxylic acids is 1. The van der Waals surface area contributed by atoms with Crippen LogP contribution in [0.2, 0.25) is 0 Å². The SMILES string of the molecule is COc1cc(OC)cc(C(=O)N/N=C\c2ccc(-c3ccc(C(=O)O)cc3C)o2)c1. The summed E-state index contributed by atoms with van der Waals surface area (Å²) in [7, 11) is 3.00. The Morgan fingerprint density at radius 1 is 1.00 bits per heavy atom. The van der Waals surface area contributed by atoms with Crippen LogP contribution in [-0.2, 0) is 0 Å². The second-order valence-corrected chi connectivity index (χ2v) is 6.34. The summed E-state index contributed by atoms with van der Waals surface area (Å²) in [4.78, 5) is 23.4. The van der Waals surface area contributed by atoms with E-state index in [0.29, 0.717) is 28.6 Å². The molecule has 0 saturated carbocycles. The number of nitrogens with zero attached hydrogens (tertiary/aromatic N) is 1. The highest BCUT2D eigenvalue weighted by molar-refractivity contribution is 5.95. The Morgan fingerprint density at radius 2 is 1.70 bits per heavy atom. The van der Waals surface area contributed by atoms with Gasteiger partial charge in [-0.05, 0) is 48.9 Å². The number of benzene rings is 2. The number of carboxylic acid groups (broad SMARTS) is 1. The number of rotatable bonds is 7. The second kappa shape index (κ2) is 8.95. The number of hydrazone groups is 1. The molecule has 0 saturated heterocycles. The lowest BCUT2D eigenvalue weighted by Crippen LogP contribution is -2.17. The molecule has 0 radical (unpaired) electrons. The quantitative estimate of drug-likeness (QED) is 0.455. The summed E-state index contributed by atoms with van der Waals surface area (Å²) in [5.74, 6) is 0.550. The van der Waals surface area contributed by atoms with E-state index in [1.807, 2.05) is 0 Å². The zero-order valence-corrected chi connectivity index (χ0v) is 16.6. The average Bonchev–Trinajstić information content (AvgIpc) is 3.21. The van der Waals surface area contributed by atoms with Gasteiger partial charge in [-0.2, -0.15) is 5.10 Å². The third-order valence-corrected chi connectivity index (χ3v) is 4.34. The Bertz CT molecular complexity index is 1090. The maximum Gasteiger partial charge on any atom is 0.335 e. The van der Waals surface area contributed by atoms with E-state index >= 15 is 0 Å². The molecule has 2 N–H and O–H groups in total. The predicted octanol–water partition coefficient (Wildman–Crippen LogP) is 3.73. The lowest BCUT2D eigenvalue weighted by atomic mass is 10.0. The van der Waals surface area contributed by atoms with Gasteiger partial charge in [0.05, 0.1) is 26.0 Å². The van der Waals surface area contributed by atoms with Crippen LogP contribution in [0.4, 0.5) is 0 Å². The summed E-state index contributed by atoms with van der Waals surface area (Å²) in [6, 6.07) is 13.0. The van der Waals surface area contributed by atoms with Crippen LogP contribution in [0.15, 0.2) is 58.0 Å². The number of nitrogens with one attached hydrogen (secondary N) is 1. The number of aryl methyl sites for hydroxylation is 1. The zero-order chi connectivity index (χ0) is 21.7. The maximum atomic E-state index is 12.3. The van der Waals surface area contributed by atoms with Gasteiger partial charge in [-0.25, -0.2) is 10.2 Å². The first-order chi connectivity index (χ1) is 14.4. The largest absolute Gasteiger partial charge is 0.497 e. The molecule has 0 aliphatic rings. The van der Waals surface area contributed by atoms with Gasteiger partial charge in [-0.15, -0.1) is 0 Å². The molecular formula is C22H20N2O6. The highest BCUT2D eigenvalue weighted by atomic mass is 16.5. The van der Waals surface area contributed by atoms with Gasteiger partial charge >= 0.3 is 5.97 Å². The minimum atomic E-state index is -0.985. The van der Waals surface area contributed by atoms with Gasteiger partial charge < -0.3 is 19.0 Å². The van der Waals surface area contributed by atoms with Crippen molar-refractivity contribution in [2.24, 2.45) is 5.10 Å². The van der Waals surface area contributed by atoms with E-state index in [1.54, 1.807) is 49.4 Å². The monoisotopic (exact) mass is 408 g/mol. The molecule has 2 aromatic carbocycles. The van der Waals surface area contributed by atoms with Crippen molar-refractivity contribution in [2.75, 3.05) is 14.2 Å². The smallest absolute Gasteiger partial charge is 0.335 e. The van der Waals surface area contributed by atoms with Crippen LogP contribution in [0.1, 0.15) is 32.0 Å². The number of carbonyl (C=O) groups is 2. The zero-order valence-electron chi connectivity index (χ0n) is 16.6. The molecule has 1 amide bonds. The highest BCUT2D eigenvalue weighted by Crippen LogP contribution is 2.26. The molecule has 1 heterocycles. The number of furan rings is 1. The van der Waals surface area contributed by atoms with Gasteiger partial charge in [0.2, 0.25) is 0 Å². The minimum absolute atomic E-state index is 0.210. The third-order valence-electron chi connectivity index (χ3n) is 4.34. The Morgan fingerprint density at radius 3 is 2.30 bits per heavy atom. The Labute approximate surface area is 172 Å². The van der Waals surface area contributed by atoms with Crippen molar-refractivity contribution in [2.45, 2.75) is 6.92 Å². The molecule has 0 aliphatic heterocycles. The predicted molar refractivity (Wildman–Crippen MR) is 110 cm³/mol. The number of methoxy groups -OCH3 is 2. The molecular weight excluding hydrogens is 388 g/mol. The summed E-state index contributed by atoms with van der Waals surface area (Å²) in [5, 5.41) is 13.0. The van der Waals surface area contributed by atoms with Crippen LogP contribution in [0.3, 0.4) is 0 Å². The van der Waals surface area contributed by atoms with Crippen molar-refractivity contribution < 1.29 is 28.6 Å². The number of amides is 1. The van der Waals surface area contributed by atoms with Gasteiger partial charge in [0.15, 0.2) is 0 Å². The summed E-state index contributed by atoms with van der Waals surface area (Å²) in [6.45, 7) is 1.81. The lowest BCUT2D eigenvalue weighted by Gasteiger charge is -2.07. The van der Waals surface area contributed by atoms with Crippen LogP contribution in [0.25, 0.3) is 11.3 Å². The second-order valence-electron chi connectivity index (χ2n) is 6.34. The molecule has 0 fully saturated rings. The molecule has 154 valence electrons. The van der Waals surface area contributed by atoms with Crippen molar-refractivity contribution in [3.05, 3.63) is 71.0 Å². The third kappa shape index (κ3) is 4.67. The highest BCUT2D eigenvalue weighted by Gasteiger charge is 2.11. The number of hydrogen-bond donors (Lipinski definition) is 2. The summed E-state index contributed by atoms with van der Waals surface area (Å²) in [6.07, 6.45) is 1.37. The van der Waals surface area contributed by atoms with E-state index in [2.05, 4.69) is 10.5 Å². The fourth-order valence-corrected chi connectivity index (χ4v) is 2.80. The number of aromatic carboxylic acids is 1. The Balaban J connectivity index is 1.71. The van der Waals surface area contributed by atoms with Crippen molar-refractivity contribution in [1.29, 1.82) is 0 Å². The molecule has 30 heavy (non-hydrogen) atoms. The van der Waals surface area contributed by atoms with E-state index in [4.69, 9.17) is 19.0 Å². The van der Waals surface area contributed by atoms with Crippen molar-refractivity contribution in [1.82, 2.24) is 5.43 Å². The molecule has 0 aliphatic carbocycles. The fraction of sp³-hybridized carbons (Fsp3) is 0.136. The van der Waals surface area contributed by atoms with E-state index < -0.39 is 11.9 Å². The standard InChI is InChI=1S/C22H20N2O6/c1-13-8-14(22(26)27)4-6-19(13)20-7-5-16(30-20)12-23-24-21(25)15-9-17(28-2)11-18(10-15)29-3/h4-12H,1-3H3,(H,24,25)(H,26,27)/b23-12-. The molecule has 0 unspecified atom stereocenters. The molecule has 0 atom stereocenters. The van der Waals surface area contributed by atoms with Gasteiger partial charge in [0.25, 0.3) is 5.91 Å². The van der Waals surface area contributed by atoms with Crippen molar-refractivity contribution >= 4 is 18.1 Å². The first kappa shape index (κ1) is 20.7. The van der Waals surface area contributed by atoms with Crippen LogP contribution in [0, 0.1) is 6.92 Å². The van der Waals surface area contributed by atoms with Gasteiger partial charge in [-0.1, -0.05) is 6.07 Å². The number of hydrogen-bond acceptors (Lipinski definition) is 6. The van der Waals surface area contributed by atoms with Crippen molar-refractivity contribution in [3.63, 3.8) is 0 Å². The minimum Gasteiger partial charge on any atom is -0.497 e. The number of ether oxygens (including phenoxy) is 2. The van der Waals surface area contributed by atoms with Crippen LogP contribution < -0.4 is 14.9 Å². The van der Waals surface area contributed by atoms with E-state index in [0.717, 1.165) is 11.1 Å². The maximum absolute atomic E-state index is 12.3. The normalized spacial score (nSPS) is 10.8. The van der Waals surface area contributed by atoms with Crippen LogP contribution in [-0.4, -0.2) is 37.4 Å². The van der Waals surface area contributed by atoms with Crippen LogP contribution >= 0.6 is 0 Å². The summed E-state index contributed by atoms with van der Waals surface area (Å²) >= 11 is 0. The molecule has 8 nitrogen and oxygen atoms in total. The topological polar surface area (TPSA) is 110 Å². The molecule has 0 spiro atoms. The Kier molecular flexibility index (Phi) is 6.17. The first-order valence-corrected chi connectivity index (χ1v) is 8.92. The Hall–Kier alpha value is -4.07.